The smallest absolute Gasteiger partial charge is 0.251 e. The number of nitrogens with one attached hydrogen (secondary N) is 2. The van der Waals surface area contributed by atoms with E-state index in [2.05, 4.69) is 41.2 Å². The van der Waals surface area contributed by atoms with Gasteiger partial charge in [0.1, 0.15) is 0 Å². The van der Waals surface area contributed by atoms with Gasteiger partial charge in [-0.05, 0) is 54.5 Å². The zero-order valence-corrected chi connectivity index (χ0v) is 16.5. The van der Waals surface area contributed by atoms with Crippen LogP contribution in [0.2, 0.25) is 0 Å². The van der Waals surface area contributed by atoms with Gasteiger partial charge in [-0.15, -0.1) is 11.8 Å². The van der Waals surface area contributed by atoms with Crippen LogP contribution in [0.5, 0.6) is 0 Å². The SMILES string of the molecule is CSc1ccc(-c2cccc(C(=O)NCCNC(=O)C3CCCC3)c2)cc1. The minimum absolute atomic E-state index is 0.118. The molecule has 0 bridgehead atoms. The average Bonchev–Trinajstić information content (AvgIpc) is 3.26. The van der Waals surface area contributed by atoms with E-state index in [0.717, 1.165) is 36.8 Å². The molecule has 0 aromatic heterocycles. The van der Waals surface area contributed by atoms with Crippen LogP contribution in [0.3, 0.4) is 0 Å². The molecule has 0 aliphatic heterocycles. The van der Waals surface area contributed by atoms with Crippen molar-refractivity contribution in [2.75, 3.05) is 19.3 Å². The van der Waals surface area contributed by atoms with E-state index in [4.69, 9.17) is 0 Å². The van der Waals surface area contributed by atoms with Crippen molar-refractivity contribution < 1.29 is 9.59 Å². The lowest BCUT2D eigenvalue weighted by molar-refractivity contribution is -0.124. The molecular weight excluding hydrogens is 356 g/mol. The number of hydrogen-bond acceptors (Lipinski definition) is 3. The number of thioether (sulfide) groups is 1. The first-order chi connectivity index (χ1) is 13.2. The van der Waals surface area contributed by atoms with Gasteiger partial charge in [-0.3, -0.25) is 9.59 Å². The summed E-state index contributed by atoms with van der Waals surface area (Å²) in [7, 11) is 0. The van der Waals surface area contributed by atoms with E-state index >= 15 is 0 Å². The molecule has 1 saturated carbocycles. The second-order valence-electron chi connectivity index (χ2n) is 6.84. The minimum Gasteiger partial charge on any atom is -0.354 e. The second-order valence-corrected chi connectivity index (χ2v) is 7.72. The van der Waals surface area contributed by atoms with Crippen LogP contribution >= 0.6 is 11.8 Å². The van der Waals surface area contributed by atoms with Crippen molar-refractivity contribution in [3.8, 4) is 11.1 Å². The van der Waals surface area contributed by atoms with Gasteiger partial charge in [-0.1, -0.05) is 37.1 Å². The van der Waals surface area contributed by atoms with Crippen LogP contribution in [0.25, 0.3) is 11.1 Å². The van der Waals surface area contributed by atoms with Crippen molar-refractivity contribution in [1.29, 1.82) is 0 Å². The predicted octanol–water partition coefficient (Wildman–Crippen LogP) is 4.11. The first-order valence-corrected chi connectivity index (χ1v) is 10.7. The molecule has 2 aromatic rings. The van der Waals surface area contributed by atoms with E-state index < -0.39 is 0 Å². The highest BCUT2D eigenvalue weighted by Gasteiger charge is 2.21. The number of amides is 2. The molecule has 3 rings (SSSR count). The topological polar surface area (TPSA) is 58.2 Å². The Kier molecular flexibility index (Phi) is 6.93. The van der Waals surface area contributed by atoms with Crippen molar-refractivity contribution in [2.24, 2.45) is 5.92 Å². The summed E-state index contributed by atoms with van der Waals surface area (Å²) in [6.07, 6.45) is 6.32. The van der Waals surface area contributed by atoms with Gasteiger partial charge >= 0.3 is 0 Å². The van der Waals surface area contributed by atoms with Crippen molar-refractivity contribution in [3.05, 3.63) is 54.1 Å². The third kappa shape index (κ3) is 5.36. The van der Waals surface area contributed by atoms with Crippen LogP contribution in [0.15, 0.2) is 53.4 Å². The molecule has 0 heterocycles. The number of rotatable bonds is 7. The van der Waals surface area contributed by atoms with Crippen LogP contribution < -0.4 is 10.6 Å². The van der Waals surface area contributed by atoms with Gasteiger partial charge in [0.25, 0.3) is 5.91 Å². The van der Waals surface area contributed by atoms with Gasteiger partial charge in [0.05, 0.1) is 0 Å². The predicted molar refractivity (Wildman–Crippen MR) is 111 cm³/mol. The van der Waals surface area contributed by atoms with Crippen molar-refractivity contribution in [3.63, 3.8) is 0 Å². The van der Waals surface area contributed by atoms with E-state index in [-0.39, 0.29) is 17.7 Å². The Morgan fingerprint density at radius 3 is 2.37 bits per heavy atom. The molecule has 1 fully saturated rings. The fourth-order valence-electron chi connectivity index (χ4n) is 3.42. The molecule has 27 heavy (non-hydrogen) atoms. The Bertz CT molecular complexity index is 783. The summed E-state index contributed by atoms with van der Waals surface area (Å²) < 4.78 is 0. The molecule has 0 saturated heterocycles. The lowest BCUT2D eigenvalue weighted by Crippen LogP contribution is -2.37. The summed E-state index contributed by atoms with van der Waals surface area (Å²) in [4.78, 5) is 25.6. The summed E-state index contributed by atoms with van der Waals surface area (Å²) in [5, 5.41) is 5.81. The van der Waals surface area contributed by atoms with Crippen LogP contribution in [-0.2, 0) is 4.79 Å². The van der Waals surface area contributed by atoms with Gasteiger partial charge in [0, 0.05) is 29.5 Å². The quantitative estimate of drug-likeness (QED) is 0.560. The largest absolute Gasteiger partial charge is 0.354 e. The first kappa shape index (κ1) is 19.5. The molecule has 5 heteroatoms. The molecule has 0 spiro atoms. The van der Waals surface area contributed by atoms with E-state index in [1.165, 1.54) is 4.90 Å². The first-order valence-electron chi connectivity index (χ1n) is 9.48. The molecule has 4 nitrogen and oxygen atoms in total. The Morgan fingerprint density at radius 2 is 1.67 bits per heavy atom. The highest BCUT2D eigenvalue weighted by atomic mass is 32.2. The van der Waals surface area contributed by atoms with E-state index in [1.54, 1.807) is 11.8 Å². The number of carbonyl (C=O) groups is 2. The lowest BCUT2D eigenvalue weighted by Gasteiger charge is -2.11. The van der Waals surface area contributed by atoms with Gasteiger partial charge in [-0.25, -0.2) is 0 Å². The second kappa shape index (κ2) is 9.60. The third-order valence-corrected chi connectivity index (χ3v) is 5.73. The van der Waals surface area contributed by atoms with Crippen molar-refractivity contribution >= 4 is 23.6 Å². The van der Waals surface area contributed by atoms with Crippen LogP contribution in [0.1, 0.15) is 36.0 Å². The normalized spacial score (nSPS) is 14.1. The Morgan fingerprint density at radius 1 is 0.963 bits per heavy atom. The molecule has 2 aromatic carbocycles. The number of carbonyl (C=O) groups excluding carboxylic acids is 2. The van der Waals surface area contributed by atoms with Crippen LogP contribution in [-0.4, -0.2) is 31.2 Å². The Balaban J connectivity index is 1.51. The fraction of sp³-hybridized carbons (Fsp3) is 0.364. The summed E-state index contributed by atoms with van der Waals surface area (Å²) in [6.45, 7) is 0.904. The zero-order valence-electron chi connectivity index (χ0n) is 15.7. The monoisotopic (exact) mass is 382 g/mol. The van der Waals surface area contributed by atoms with Gasteiger partial charge in [0.2, 0.25) is 5.91 Å². The summed E-state index contributed by atoms with van der Waals surface area (Å²) in [6, 6.07) is 15.9. The Hall–Kier alpha value is -2.27. The van der Waals surface area contributed by atoms with Gasteiger partial charge < -0.3 is 10.6 Å². The molecule has 1 aliphatic rings. The molecule has 1 aliphatic carbocycles. The summed E-state index contributed by atoms with van der Waals surface area (Å²) >= 11 is 1.71. The third-order valence-electron chi connectivity index (χ3n) is 4.98. The summed E-state index contributed by atoms with van der Waals surface area (Å²) in [5.41, 5.74) is 2.74. The van der Waals surface area contributed by atoms with E-state index in [0.29, 0.717) is 18.7 Å². The van der Waals surface area contributed by atoms with Gasteiger partial charge in [0.15, 0.2) is 0 Å². The molecule has 0 radical (unpaired) electrons. The lowest BCUT2D eigenvalue weighted by atomic mass is 10.0. The number of benzene rings is 2. The highest BCUT2D eigenvalue weighted by molar-refractivity contribution is 7.98. The van der Waals surface area contributed by atoms with Crippen molar-refractivity contribution in [2.45, 2.75) is 30.6 Å². The standard InChI is InChI=1S/C22H26N2O2S/c1-27-20-11-9-16(10-12-20)18-7-4-8-19(15-18)22(26)24-14-13-23-21(25)17-5-2-3-6-17/h4,7-12,15,17H,2-3,5-6,13-14H2,1H3,(H,23,25)(H,24,26). The fourth-order valence-corrected chi connectivity index (χ4v) is 3.83. The maximum Gasteiger partial charge on any atom is 0.251 e. The summed E-state index contributed by atoms with van der Waals surface area (Å²) in [5.74, 6) is 0.167. The molecule has 2 amide bonds. The van der Waals surface area contributed by atoms with Gasteiger partial charge in [-0.2, -0.15) is 0 Å². The van der Waals surface area contributed by atoms with E-state index in [9.17, 15) is 9.59 Å². The molecule has 0 unspecified atom stereocenters. The molecule has 0 atom stereocenters. The minimum atomic E-state index is -0.118. The molecule has 2 N–H and O–H groups in total. The van der Waals surface area contributed by atoms with E-state index in [1.807, 2.05) is 24.3 Å². The van der Waals surface area contributed by atoms with Crippen molar-refractivity contribution in [1.82, 2.24) is 10.6 Å². The maximum atomic E-state index is 12.4. The van der Waals surface area contributed by atoms with Crippen LogP contribution in [0.4, 0.5) is 0 Å². The van der Waals surface area contributed by atoms with Crippen LogP contribution in [0, 0.1) is 5.92 Å². The average molecular weight is 383 g/mol. The number of hydrogen-bond donors (Lipinski definition) is 2. The Labute approximate surface area is 165 Å². The maximum absolute atomic E-state index is 12.4. The molecular formula is C22H26N2O2S. The highest BCUT2D eigenvalue weighted by Crippen LogP contribution is 2.25. The zero-order chi connectivity index (χ0) is 19.1. The molecule has 142 valence electrons.